The quantitative estimate of drug-likeness (QED) is 0.409. The number of alkyl halides is 3. The van der Waals surface area contributed by atoms with E-state index in [1.54, 1.807) is 6.07 Å². The van der Waals surface area contributed by atoms with Crippen molar-refractivity contribution >= 4 is 27.5 Å². The van der Waals surface area contributed by atoms with E-state index < -0.39 is 39.1 Å². The highest BCUT2D eigenvalue weighted by Gasteiger charge is 2.47. The molecule has 1 aromatic rings. The van der Waals surface area contributed by atoms with Crippen LogP contribution >= 0.6 is 11.6 Å². The summed E-state index contributed by atoms with van der Waals surface area (Å²) in [7, 11) is -3.85. The molecule has 4 rings (SSSR count). The molecular weight excluding hydrogens is 548 g/mol. The SMILES string of the molecule is CC(c1cc(Cl)cc(C(F)(F)F)c1)N1CCC(CO[C@]2(C3CC3)C=C(C(=O)NS(C)(=O)=O)C(F)=CC2)CC1. The Bertz CT molecular complexity index is 1240. The lowest BCUT2D eigenvalue weighted by atomic mass is 9.85. The fourth-order valence-corrected chi connectivity index (χ4v) is 5.90. The predicted molar refractivity (Wildman–Crippen MR) is 135 cm³/mol. The largest absolute Gasteiger partial charge is 0.416 e. The van der Waals surface area contributed by atoms with E-state index in [-0.39, 0.29) is 34.9 Å². The highest BCUT2D eigenvalue weighted by Crippen LogP contribution is 2.48. The van der Waals surface area contributed by atoms with Crippen LogP contribution < -0.4 is 4.72 Å². The van der Waals surface area contributed by atoms with Gasteiger partial charge in [-0.2, -0.15) is 13.2 Å². The van der Waals surface area contributed by atoms with Crippen molar-refractivity contribution in [3.63, 3.8) is 0 Å². The summed E-state index contributed by atoms with van der Waals surface area (Å²) >= 11 is 5.97. The van der Waals surface area contributed by atoms with Gasteiger partial charge in [-0.1, -0.05) is 11.6 Å². The molecule has 2 atom stereocenters. The van der Waals surface area contributed by atoms with Crippen LogP contribution in [0.25, 0.3) is 0 Å². The molecule has 1 aromatic carbocycles. The van der Waals surface area contributed by atoms with Crippen molar-refractivity contribution in [3.8, 4) is 0 Å². The third kappa shape index (κ3) is 6.97. The second-order valence-electron chi connectivity index (χ2n) is 10.5. The standard InChI is InChI=1S/C26H31ClF4N2O4S/c1-16(18-11-20(26(29,30)31)13-21(27)12-18)33-9-6-17(7-10-33)15-37-25(19-3-4-19)8-5-23(28)22(14-25)24(34)32-38(2,35)36/h5,11-14,16-17,19H,3-4,6-10,15H2,1-2H3,(H,32,34)/t16?,25-/m0/s1. The van der Waals surface area contributed by atoms with Crippen molar-refractivity contribution in [2.24, 2.45) is 11.8 Å². The van der Waals surface area contributed by atoms with Crippen molar-refractivity contribution in [1.82, 2.24) is 9.62 Å². The van der Waals surface area contributed by atoms with Gasteiger partial charge < -0.3 is 4.74 Å². The molecule has 0 bridgehead atoms. The molecule has 210 valence electrons. The Morgan fingerprint density at radius 2 is 1.87 bits per heavy atom. The lowest BCUT2D eigenvalue weighted by Crippen LogP contribution is -2.41. The highest BCUT2D eigenvalue weighted by atomic mass is 35.5. The third-order valence-electron chi connectivity index (χ3n) is 7.55. The number of halogens is 5. The zero-order chi connectivity index (χ0) is 27.9. The molecule has 38 heavy (non-hydrogen) atoms. The summed E-state index contributed by atoms with van der Waals surface area (Å²) in [6.45, 7) is 3.56. The summed E-state index contributed by atoms with van der Waals surface area (Å²) in [4.78, 5) is 14.5. The maximum absolute atomic E-state index is 14.5. The Hall–Kier alpha value is -1.95. The molecule has 2 fully saturated rings. The first-order chi connectivity index (χ1) is 17.7. The topological polar surface area (TPSA) is 75.7 Å². The van der Waals surface area contributed by atoms with Crippen LogP contribution in [-0.4, -0.2) is 50.8 Å². The third-order valence-corrected chi connectivity index (χ3v) is 8.33. The molecule has 1 amide bonds. The molecular formula is C26H31ClF4N2O4S. The monoisotopic (exact) mass is 578 g/mol. The van der Waals surface area contributed by atoms with E-state index in [1.807, 2.05) is 11.6 Å². The number of benzene rings is 1. The number of likely N-dealkylation sites (tertiary alicyclic amines) is 1. The summed E-state index contributed by atoms with van der Waals surface area (Å²) < 4.78 is 85.3. The lowest BCUT2D eigenvalue weighted by molar-refractivity contribution is -0.137. The lowest BCUT2D eigenvalue weighted by Gasteiger charge is -2.39. The van der Waals surface area contributed by atoms with Crippen LogP contribution in [0.4, 0.5) is 17.6 Å². The molecule has 1 saturated heterocycles. The molecule has 3 aliphatic rings. The fraction of sp³-hybridized carbons (Fsp3) is 0.577. The molecule has 2 aliphatic carbocycles. The van der Waals surface area contributed by atoms with Crippen molar-refractivity contribution in [2.45, 2.75) is 56.8 Å². The van der Waals surface area contributed by atoms with E-state index in [9.17, 15) is 30.8 Å². The Morgan fingerprint density at radius 1 is 1.21 bits per heavy atom. The average molecular weight is 579 g/mol. The van der Waals surface area contributed by atoms with E-state index >= 15 is 0 Å². The van der Waals surface area contributed by atoms with Gasteiger partial charge in [-0.05, 0) is 93.4 Å². The number of hydrogen-bond acceptors (Lipinski definition) is 5. The average Bonchev–Trinajstić information content (AvgIpc) is 3.68. The van der Waals surface area contributed by atoms with Gasteiger partial charge in [-0.25, -0.2) is 17.5 Å². The molecule has 1 heterocycles. The van der Waals surface area contributed by atoms with Crippen molar-refractivity contribution in [2.75, 3.05) is 26.0 Å². The summed E-state index contributed by atoms with van der Waals surface area (Å²) in [5.41, 5.74) is -1.47. The molecule has 1 unspecified atom stereocenters. The van der Waals surface area contributed by atoms with E-state index in [1.165, 1.54) is 12.2 Å². The number of hydrogen-bond donors (Lipinski definition) is 1. The molecule has 0 aromatic heterocycles. The number of nitrogens with one attached hydrogen (secondary N) is 1. The van der Waals surface area contributed by atoms with Crippen LogP contribution in [0.5, 0.6) is 0 Å². The normalized spacial score (nSPS) is 24.5. The second kappa shape index (κ2) is 10.9. The van der Waals surface area contributed by atoms with Crippen LogP contribution in [0.2, 0.25) is 5.02 Å². The number of sulfonamides is 1. The van der Waals surface area contributed by atoms with Crippen molar-refractivity contribution in [1.29, 1.82) is 0 Å². The molecule has 0 radical (unpaired) electrons. The number of carbonyl (C=O) groups excluding carboxylic acids is 1. The van der Waals surface area contributed by atoms with Gasteiger partial charge in [0.05, 0.1) is 29.6 Å². The zero-order valence-corrected chi connectivity index (χ0v) is 22.7. The summed E-state index contributed by atoms with van der Waals surface area (Å²) in [5, 5.41) is 0.0472. The molecule has 0 spiro atoms. The minimum atomic E-state index is -4.47. The molecule has 1 saturated carbocycles. The van der Waals surface area contributed by atoms with E-state index in [0.717, 1.165) is 44.1 Å². The minimum absolute atomic E-state index is 0.0472. The highest BCUT2D eigenvalue weighted by molar-refractivity contribution is 7.89. The first-order valence-corrected chi connectivity index (χ1v) is 14.8. The summed E-state index contributed by atoms with van der Waals surface area (Å²) in [6.07, 6.45) is 2.57. The number of nitrogens with zero attached hydrogens (tertiary/aromatic N) is 1. The smallest absolute Gasteiger partial charge is 0.370 e. The van der Waals surface area contributed by atoms with Gasteiger partial charge in [0.1, 0.15) is 5.83 Å². The maximum atomic E-state index is 14.5. The van der Waals surface area contributed by atoms with Crippen LogP contribution in [0.15, 0.2) is 41.8 Å². The van der Waals surface area contributed by atoms with Crippen LogP contribution in [-0.2, 0) is 25.7 Å². The number of piperidine rings is 1. The fourth-order valence-electron chi connectivity index (χ4n) is 5.21. The Labute approximate surface area is 225 Å². The van der Waals surface area contributed by atoms with E-state index in [4.69, 9.17) is 16.3 Å². The number of amides is 1. The maximum Gasteiger partial charge on any atom is 0.416 e. The number of carbonyl (C=O) groups is 1. The van der Waals surface area contributed by atoms with Gasteiger partial charge in [-0.15, -0.1) is 0 Å². The van der Waals surface area contributed by atoms with Gasteiger partial charge in [0.15, 0.2) is 0 Å². The summed E-state index contributed by atoms with van der Waals surface area (Å²) in [6, 6.07) is 3.38. The van der Waals surface area contributed by atoms with Gasteiger partial charge in [-0.3, -0.25) is 9.69 Å². The Kier molecular flexibility index (Phi) is 8.33. The predicted octanol–water partition coefficient (Wildman–Crippen LogP) is 5.56. The minimum Gasteiger partial charge on any atom is -0.370 e. The van der Waals surface area contributed by atoms with Gasteiger partial charge >= 0.3 is 6.18 Å². The van der Waals surface area contributed by atoms with Crippen molar-refractivity contribution in [3.05, 3.63) is 57.9 Å². The second-order valence-corrected chi connectivity index (χ2v) is 12.7. The Balaban J connectivity index is 1.39. The van der Waals surface area contributed by atoms with E-state index in [0.29, 0.717) is 25.3 Å². The first kappa shape index (κ1) is 29.0. The van der Waals surface area contributed by atoms with Crippen molar-refractivity contribution < 1.29 is 35.5 Å². The van der Waals surface area contributed by atoms with Crippen LogP contribution in [0.3, 0.4) is 0 Å². The molecule has 1 N–H and O–H groups in total. The van der Waals surface area contributed by atoms with Gasteiger partial charge in [0.2, 0.25) is 10.0 Å². The van der Waals surface area contributed by atoms with Gasteiger partial charge in [0, 0.05) is 17.5 Å². The molecule has 12 heteroatoms. The molecule has 6 nitrogen and oxygen atoms in total. The van der Waals surface area contributed by atoms with Crippen LogP contribution in [0, 0.1) is 11.8 Å². The van der Waals surface area contributed by atoms with Crippen LogP contribution in [0.1, 0.15) is 56.2 Å². The number of ether oxygens (including phenoxy) is 1. The zero-order valence-electron chi connectivity index (χ0n) is 21.2. The van der Waals surface area contributed by atoms with E-state index in [2.05, 4.69) is 4.90 Å². The number of rotatable bonds is 8. The molecule has 1 aliphatic heterocycles. The van der Waals surface area contributed by atoms with Gasteiger partial charge in [0.25, 0.3) is 5.91 Å². The first-order valence-electron chi connectivity index (χ1n) is 12.5. The summed E-state index contributed by atoms with van der Waals surface area (Å²) in [5.74, 6) is -1.51. The Morgan fingerprint density at radius 3 is 2.45 bits per heavy atom.